The van der Waals surface area contributed by atoms with Gasteiger partial charge in [0.2, 0.25) is 0 Å². The average Bonchev–Trinajstić information content (AvgIpc) is 3.12. The molecule has 5 rings (SSSR count). The fourth-order valence-electron chi connectivity index (χ4n) is 5.40. The lowest BCUT2D eigenvalue weighted by molar-refractivity contribution is 0.0479. The van der Waals surface area contributed by atoms with Crippen LogP contribution in [0.25, 0.3) is 22.3 Å². The molecule has 0 saturated carbocycles. The molecule has 0 radical (unpaired) electrons. The first-order valence-corrected chi connectivity index (χ1v) is 17.8. The zero-order chi connectivity index (χ0) is 40.1. The molecule has 3 aromatic carbocycles. The minimum Gasteiger partial charge on any atom is -0.491 e. The van der Waals surface area contributed by atoms with Crippen LogP contribution in [0.3, 0.4) is 0 Å². The van der Waals surface area contributed by atoms with Gasteiger partial charge in [0.1, 0.15) is 29.6 Å². The number of alkyl carbamates (subject to hydrolysis) is 1. The molecule has 0 fully saturated rings. The third-order valence-electron chi connectivity index (χ3n) is 7.79. The van der Waals surface area contributed by atoms with Crippen molar-refractivity contribution in [1.29, 1.82) is 0 Å². The molecule has 0 unspecified atom stereocenters. The number of carboxylic acids is 1. The Labute approximate surface area is 323 Å². The van der Waals surface area contributed by atoms with E-state index in [1.165, 1.54) is 49.1 Å². The number of nitrogens with zero attached hydrogens (tertiary/aromatic N) is 2. The van der Waals surface area contributed by atoms with E-state index >= 15 is 0 Å². The number of hydrogen-bond acceptors (Lipinski definition) is 7. The van der Waals surface area contributed by atoms with E-state index in [1.54, 1.807) is 45.0 Å². The molecule has 55 heavy (non-hydrogen) atoms. The van der Waals surface area contributed by atoms with Crippen LogP contribution in [-0.4, -0.2) is 51.3 Å². The highest BCUT2D eigenvalue weighted by atomic mass is 35.5. The summed E-state index contributed by atoms with van der Waals surface area (Å²) in [6.45, 7) is 9.90. The molecule has 0 bridgehead atoms. The number of ether oxygens (including phenoxy) is 2. The summed E-state index contributed by atoms with van der Waals surface area (Å²) in [5, 5.41) is 15.2. The lowest BCUT2D eigenvalue weighted by atomic mass is 10.0. The summed E-state index contributed by atoms with van der Waals surface area (Å²) in [4.78, 5) is 43.7. The van der Waals surface area contributed by atoms with Gasteiger partial charge in [0, 0.05) is 64.7 Å². The molecule has 3 N–H and O–H groups in total. The Morgan fingerprint density at radius 2 is 1.42 bits per heavy atom. The van der Waals surface area contributed by atoms with Gasteiger partial charge in [0.15, 0.2) is 0 Å². The number of benzene rings is 3. The zero-order valence-corrected chi connectivity index (χ0v) is 31.9. The molecule has 0 aliphatic rings. The SMILES string of the molecule is CC(C)C[C@@H](COc1ccc(-c2ccncc2C(=O)O)c(F)c1)NC(=O)OC(C)(C)C.O=C(NCc1ccccc1)c1cnccc1-c1ccc(Cl)cc1F. The maximum atomic E-state index is 14.7. The highest BCUT2D eigenvalue weighted by Gasteiger charge is 2.22. The van der Waals surface area contributed by atoms with Gasteiger partial charge in [0.05, 0.1) is 17.2 Å². The van der Waals surface area contributed by atoms with Gasteiger partial charge in [-0.1, -0.05) is 55.8 Å². The third-order valence-corrected chi connectivity index (χ3v) is 8.03. The van der Waals surface area contributed by atoms with Gasteiger partial charge >= 0.3 is 12.1 Å². The number of halogens is 3. The van der Waals surface area contributed by atoms with Gasteiger partial charge in [-0.2, -0.15) is 0 Å². The molecule has 0 saturated heterocycles. The molecule has 2 heterocycles. The normalized spacial score (nSPS) is 11.5. The highest BCUT2D eigenvalue weighted by molar-refractivity contribution is 6.30. The zero-order valence-electron chi connectivity index (χ0n) is 31.1. The Balaban J connectivity index is 0.000000252. The first kappa shape index (κ1) is 41.9. The summed E-state index contributed by atoms with van der Waals surface area (Å²) in [5.74, 6) is -2.03. The van der Waals surface area contributed by atoms with Crippen LogP contribution in [-0.2, 0) is 11.3 Å². The molecule has 1 atom stereocenters. The Kier molecular flexibility index (Phi) is 14.8. The van der Waals surface area contributed by atoms with Crippen molar-refractivity contribution in [3.8, 4) is 28.0 Å². The first-order chi connectivity index (χ1) is 26.1. The van der Waals surface area contributed by atoms with E-state index < -0.39 is 29.3 Å². The molecule has 13 heteroatoms. The minimum atomic E-state index is -1.19. The van der Waals surface area contributed by atoms with Gasteiger partial charge in [-0.05, 0) is 81.1 Å². The molecule has 2 aromatic heterocycles. The molecular formula is C42H43ClF2N4O6. The number of pyridine rings is 2. The molecular weight excluding hydrogens is 730 g/mol. The Hall–Kier alpha value is -5.88. The largest absolute Gasteiger partial charge is 0.491 e. The van der Waals surface area contributed by atoms with Gasteiger partial charge < -0.3 is 25.2 Å². The molecule has 0 aliphatic heterocycles. The third kappa shape index (κ3) is 12.9. The average molecular weight is 773 g/mol. The maximum Gasteiger partial charge on any atom is 0.407 e. The van der Waals surface area contributed by atoms with Crippen molar-refractivity contribution >= 4 is 29.6 Å². The van der Waals surface area contributed by atoms with Crippen molar-refractivity contribution in [2.24, 2.45) is 5.92 Å². The fraction of sp³-hybridized carbons (Fsp3) is 0.262. The molecule has 10 nitrogen and oxygen atoms in total. The summed E-state index contributed by atoms with van der Waals surface area (Å²) in [6, 6.07) is 20.9. The number of rotatable bonds is 12. The lowest BCUT2D eigenvalue weighted by Crippen LogP contribution is -2.42. The van der Waals surface area contributed by atoms with E-state index in [4.69, 9.17) is 21.1 Å². The number of aromatic nitrogens is 2. The lowest BCUT2D eigenvalue weighted by Gasteiger charge is -2.24. The van der Waals surface area contributed by atoms with E-state index in [0.29, 0.717) is 40.6 Å². The van der Waals surface area contributed by atoms with Crippen LogP contribution in [0.2, 0.25) is 5.02 Å². The molecule has 0 spiro atoms. The van der Waals surface area contributed by atoms with Crippen LogP contribution in [0.1, 0.15) is 67.3 Å². The van der Waals surface area contributed by atoms with Gasteiger partial charge in [-0.15, -0.1) is 0 Å². The van der Waals surface area contributed by atoms with Gasteiger partial charge in [-0.3, -0.25) is 14.8 Å². The monoisotopic (exact) mass is 772 g/mol. The topological polar surface area (TPSA) is 140 Å². The second-order valence-corrected chi connectivity index (χ2v) is 14.3. The molecule has 288 valence electrons. The van der Waals surface area contributed by atoms with Crippen molar-refractivity contribution in [2.75, 3.05) is 6.61 Å². The summed E-state index contributed by atoms with van der Waals surface area (Å²) in [6.07, 6.45) is 5.66. The fourth-order valence-corrected chi connectivity index (χ4v) is 5.56. The quantitative estimate of drug-likeness (QED) is 0.114. The van der Waals surface area contributed by atoms with E-state index in [1.807, 2.05) is 44.2 Å². The van der Waals surface area contributed by atoms with E-state index in [-0.39, 0.29) is 41.0 Å². The van der Waals surface area contributed by atoms with Crippen molar-refractivity contribution in [3.63, 3.8) is 0 Å². The number of carbonyl (C=O) groups excluding carboxylic acids is 2. The van der Waals surface area contributed by atoms with E-state index in [2.05, 4.69) is 20.6 Å². The van der Waals surface area contributed by atoms with Crippen LogP contribution >= 0.6 is 11.6 Å². The standard InChI is InChI=1S/C23H29FN2O5.C19H14ClFN2O/c1-14(2)10-15(26-22(29)31-23(3,4)5)13-30-16-6-7-18(20(24)11-16)17-8-9-25-12-19(17)21(27)28;20-14-6-7-16(18(21)10-14)15-8-9-22-12-17(15)19(24)23-11-13-4-2-1-3-5-13/h6-9,11-12,14-15H,10,13H2,1-5H3,(H,26,29)(H,27,28);1-10,12H,11H2,(H,23,24)/t15-;/m0./s1. The molecule has 5 aromatic rings. The Bertz CT molecular complexity index is 2090. The minimum absolute atomic E-state index is 0.0892. The number of amides is 2. The van der Waals surface area contributed by atoms with Gasteiger partial charge in [-0.25, -0.2) is 18.4 Å². The predicted molar refractivity (Wildman–Crippen MR) is 207 cm³/mol. The van der Waals surface area contributed by atoms with Crippen LogP contribution < -0.4 is 15.4 Å². The maximum absolute atomic E-state index is 14.7. The van der Waals surface area contributed by atoms with Crippen LogP contribution in [0, 0.1) is 17.6 Å². The molecule has 2 amide bonds. The number of hydrogen-bond donors (Lipinski definition) is 3. The number of aromatic carboxylic acids is 1. The second kappa shape index (κ2) is 19.4. The van der Waals surface area contributed by atoms with Crippen LogP contribution in [0.4, 0.5) is 13.6 Å². The van der Waals surface area contributed by atoms with Crippen LogP contribution in [0.5, 0.6) is 5.75 Å². The summed E-state index contributed by atoms with van der Waals surface area (Å²) >= 11 is 5.79. The summed E-state index contributed by atoms with van der Waals surface area (Å²) in [7, 11) is 0. The van der Waals surface area contributed by atoms with Crippen molar-refractivity contribution < 1.29 is 37.7 Å². The number of carbonyl (C=O) groups is 3. The summed E-state index contributed by atoms with van der Waals surface area (Å²) < 4.78 is 39.9. The Morgan fingerprint density at radius 3 is 2.00 bits per heavy atom. The number of nitrogens with one attached hydrogen (secondary N) is 2. The molecule has 0 aliphatic carbocycles. The Morgan fingerprint density at radius 1 is 0.818 bits per heavy atom. The summed E-state index contributed by atoms with van der Waals surface area (Å²) in [5.41, 5.74) is 1.75. The highest BCUT2D eigenvalue weighted by Crippen LogP contribution is 2.30. The van der Waals surface area contributed by atoms with Gasteiger partial charge in [0.25, 0.3) is 5.91 Å². The second-order valence-electron chi connectivity index (χ2n) is 13.9. The number of carboxylic acid groups (broad SMARTS) is 1. The first-order valence-electron chi connectivity index (χ1n) is 17.4. The van der Waals surface area contributed by atoms with E-state index in [9.17, 15) is 28.3 Å². The van der Waals surface area contributed by atoms with Crippen LogP contribution in [0.15, 0.2) is 104 Å². The van der Waals surface area contributed by atoms with Crippen molar-refractivity contribution in [2.45, 2.75) is 59.2 Å². The van der Waals surface area contributed by atoms with Crippen molar-refractivity contribution in [1.82, 2.24) is 20.6 Å². The van der Waals surface area contributed by atoms with Crippen molar-refractivity contribution in [3.05, 3.63) is 137 Å². The predicted octanol–water partition coefficient (Wildman–Crippen LogP) is 9.38. The van der Waals surface area contributed by atoms with E-state index in [0.717, 1.165) is 5.56 Å². The smallest absolute Gasteiger partial charge is 0.407 e.